The molecule has 0 aromatic carbocycles. The fourth-order valence-corrected chi connectivity index (χ4v) is 2.80. The molecule has 0 unspecified atom stereocenters. The van der Waals surface area contributed by atoms with E-state index >= 15 is 0 Å². The lowest BCUT2D eigenvalue weighted by molar-refractivity contribution is -0.138. The molecule has 2 N–H and O–H groups in total. The Kier molecular flexibility index (Phi) is 15.1. The maximum Gasteiger partial charge on any atom is 0.303 e. The summed E-state index contributed by atoms with van der Waals surface area (Å²) >= 11 is 0. The van der Waals surface area contributed by atoms with Gasteiger partial charge in [0.1, 0.15) is 0 Å². The van der Waals surface area contributed by atoms with Crippen molar-refractivity contribution in [2.24, 2.45) is 0 Å². The average Bonchev–Trinajstić information content (AvgIpc) is 2.60. The van der Waals surface area contributed by atoms with Crippen molar-refractivity contribution in [1.29, 1.82) is 5.26 Å². The molecule has 5 heteroatoms. The zero-order chi connectivity index (χ0) is 19.6. The number of nitriles is 1. The molecule has 0 aliphatic carbocycles. The quantitative estimate of drug-likeness (QED) is 0.198. The summed E-state index contributed by atoms with van der Waals surface area (Å²) in [7, 11) is 0. The van der Waals surface area contributed by atoms with Gasteiger partial charge in [-0.15, -0.1) is 0 Å². The van der Waals surface area contributed by atoms with Crippen LogP contribution < -0.4 is 0 Å². The molecule has 0 spiro atoms. The molecule has 0 atom stereocenters. The first-order chi connectivity index (χ1) is 12.5. The molecule has 0 bridgehead atoms. The lowest BCUT2D eigenvalue weighted by atomic mass is 9.98. The third kappa shape index (κ3) is 15.4. The van der Waals surface area contributed by atoms with Crippen molar-refractivity contribution in [1.82, 2.24) is 0 Å². The number of rotatable bonds is 17. The van der Waals surface area contributed by atoms with Gasteiger partial charge in [-0.3, -0.25) is 9.59 Å². The van der Waals surface area contributed by atoms with E-state index in [4.69, 9.17) is 15.5 Å². The van der Waals surface area contributed by atoms with Crippen LogP contribution in [0, 0.1) is 11.3 Å². The van der Waals surface area contributed by atoms with E-state index in [9.17, 15) is 9.59 Å². The molecule has 5 nitrogen and oxygen atoms in total. The molecular formula is C21H33NO4. The Bertz CT molecular complexity index is 503. The van der Waals surface area contributed by atoms with Gasteiger partial charge < -0.3 is 10.2 Å². The summed E-state index contributed by atoms with van der Waals surface area (Å²) in [5.74, 6) is -1.46. The van der Waals surface area contributed by atoms with Gasteiger partial charge in [0.2, 0.25) is 0 Å². The second kappa shape index (κ2) is 16.4. The minimum Gasteiger partial charge on any atom is -0.481 e. The van der Waals surface area contributed by atoms with E-state index < -0.39 is 11.9 Å². The molecule has 0 aromatic heterocycles. The second-order valence-corrected chi connectivity index (χ2v) is 6.68. The number of nitrogens with zero attached hydrogens (tertiary/aromatic N) is 1. The van der Waals surface area contributed by atoms with Crippen LogP contribution in [0.4, 0.5) is 0 Å². The van der Waals surface area contributed by atoms with E-state index in [-0.39, 0.29) is 12.8 Å². The van der Waals surface area contributed by atoms with Crippen LogP contribution in [0.25, 0.3) is 0 Å². The summed E-state index contributed by atoms with van der Waals surface area (Å²) in [4.78, 5) is 20.9. The zero-order valence-electron chi connectivity index (χ0n) is 15.8. The van der Waals surface area contributed by atoms with Gasteiger partial charge in [0.15, 0.2) is 0 Å². The highest BCUT2D eigenvalue weighted by atomic mass is 16.4. The van der Waals surface area contributed by atoms with Crippen LogP contribution in [0.3, 0.4) is 0 Å². The molecule has 146 valence electrons. The van der Waals surface area contributed by atoms with Gasteiger partial charge in [0, 0.05) is 18.4 Å². The first kappa shape index (κ1) is 23.9. The van der Waals surface area contributed by atoms with Crippen molar-refractivity contribution in [3.8, 4) is 6.07 Å². The third-order valence-corrected chi connectivity index (χ3v) is 4.34. The summed E-state index contributed by atoms with van der Waals surface area (Å²) in [6.45, 7) is 3.83. The molecule has 0 aromatic rings. The molecule has 26 heavy (non-hydrogen) atoms. The van der Waals surface area contributed by atoms with Crippen molar-refractivity contribution in [3.63, 3.8) is 0 Å². The smallest absolute Gasteiger partial charge is 0.303 e. The lowest BCUT2D eigenvalue weighted by Gasteiger charge is -2.06. The number of unbranched alkanes of at least 4 members (excludes halogenated alkanes) is 9. The van der Waals surface area contributed by atoms with Crippen molar-refractivity contribution in [3.05, 3.63) is 23.8 Å². The predicted octanol–water partition coefficient (Wildman–Crippen LogP) is 5.62. The van der Waals surface area contributed by atoms with Gasteiger partial charge in [-0.25, -0.2) is 0 Å². The standard InChI is InChI=1S/C21H33NO4/c1-18(17-22)19(14-10-6-4-8-12-16-21(25)26)13-9-5-2-3-7-11-15-20(23)24/h13H,1-12,14-16H2,(H,23,24)(H,25,26)/b19-13+. The van der Waals surface area contributed by atoms with Crippen LogP contribution in [0.15, 0.2) is 23.8 Å². The predicted molar refractivity (Wildman–Crippen MR) is 103 cm³/mol. The number of aliphatic carboxylic acids is 2. The van der Waals surface area contributed by atoms with Gasteiger partial charge in [-0.2, -0.15) is 5.26 Å². The summed E-state index contributed by atoms with van der Waals surface area (Å²) in [5, 5.41) is 26.2. The van der Waals surface area contributed by atoms with Crippen molar-refractivity contribution < 1.29 is 19.8 Å². The Labute approximate surface area is 157 Å². The largest absolute Gasteiger partial charge is 0.481 e. The van der Waals surface area contributed by atoms with Crippen molar-refractivity contribution in [2.45, 2.75) is 89.9 Å². The van der Waals surface area contributed by atoms with E-state index in [1.807, 2.05) is 0 Å². The Hall–Kier alpha value is -2.09. The molecule has 0 rings (SSSR count). The summed E-state index contributed by atoms with van der Waals surface area (Å²) < 4.78 is 0. The van der Waals surface area contributed by atoms with Gasteiger partial charge in [-0.05, 0) is 44.1 Å². The molecule has 0 amide bonds. The second-order valence-electron chi connectivity index (χ2n) is 6.68. The third-order valence-electron chi connectivity index (χ3n) is 4.34. The monoisotopic (exact) mass is 363 g/mol. The van der Waals surface area contributed by atoms with Crippen LogP contribution >= 0.6 is 0 Å². The fraction of sp³-hybridized carbons (Fsp3) is 0.667. The highest BCUT2D eigenvalue weighted by Crippen LogP contribution is 2.19. The SMILES string of the molecule is C=C(C#N)/C(=C/CCCCCCCC(=O)O)CCCCCCCC(=O)O. The normalized spacial score (nSPS) is 11.1. The van der Waals surface area contributed by atoms with E-state index in [2.05, 4.69) is 18.7 Å². The van der Waals surface area contributed by atoms with E-state index in [1.54, 1.807) is 0 Å². The Morgan fingerprint density at radius 1 is 0.769 bits per heavy atom. The molecule has 0 aliphatic rings. The summed E-state index contributed by atoms with van der Waals surface area (Å²) in [6.07, 6.45) is 14.0. The maximum absolute atomic E-state index is 10.4. The molecule has 0 saturated heterocycles. The van der Waals surface area contributed by atoms with Crippen molar-refractivity contribution >= 4 is 11.9 Å². The number of carbonyl (C=O) groups is 2. The van der Waals surface area contributed by atoms with Gasteiger partial charge in [-0.1, -0.05) is 51.2 Å². The number of hydrogen-bond acceptors (Lipinski definition) is 3. The summed E-state index contributed by atoms with van der Waals surface area (Å²) in [6, 6.07) is 2.13. The lowest BCUT2D eigenvalue weighted by Crippen LogP contribution is -1.94. The molecule has 0 aliphatic heterocycles. The minimum atomic E-state index is -0.734. The van der Waals surface area contributed by atoms with E-state index in [1.165, 1.54) is 0 Å². The average molecular weight is 363 g/mol. The number of allylic oxidation sites excluding steroid dienone is 3. The number of carboxylic acid groups (broad SMARTS) is 2. The van der Waals surface area contributed by atoms with Crippen LogP contribution in [0.5, 0.6) is 0 Å². The molecule has 0 fully saturated rings. The van der Waals surface area contributed by atoms with Gasteiger partial charge >= 0.3 is 11.9 Å². The topological polar surface area (TPSA) is 98.4 Å². The first-order valence-electron chi connectivity index (χ1n) is 9.69. The fourth-order valence-electron chi connectivity index (χ4n) is 2.80. The Morgan fingerprint density at radius 2 is 1.19 bits per heavy atom. The highest BCUT2D eigenvalue weighted by Gasteiger charge is 2.03. The van der Waals surface area contributed by atoms with Gasteiger partial charge in [0.05, 0.1) is 6.07 Å². The molecule has 0 heterocycles. The first-order valence-corrected chi connectivity index (χ1v) is 9.69. The highest BCUT2D eigenvalue weighted by molar-refractivity contribution is 5.66. The van der Waals surface area contributed by atoms with Gasteiger partial charge in [0.25, 0.3) is 0 Å². The van der Waals surface area contributed by atoms with Crippen LogP contribution in [0.1, 0.15) is 89.9 Å². The molecule has 0 saturated carbocycles. The van der Waals surface area contributed by atoms with Crippen LogP contribution in [0.2, 0.25) is 0 Å². The minimum absolute atomic E-state index is 0.243. The van der Waals surface area contributed by atoms with Crippen LogP contribution in [-0.2, 0) is 9.59 Å². The summed E-state index contributed by atoms with van der Waals surface area (Å²) in [5.41, 5.74) is 1.57. The maximum atomic E-state index is 10.4. The number of carboxylic acids is 2. The number of hydrogen-bond donors (Lipinski definition) is 2. The van der Waals surface area contributed by atoms with Crippen LogP contribution in [-0.4, -0.2) is 22.2 Å². The van der Waals surface area contributed by atoms with E-state index in [0.29, 0.717) is 5.57 Å². The molecule has 0 radical (unpaired) electrons. The Morgan fingerprint density at radius 3 is 1.65 bits per heavy atom. The Balaban J connectivity index is 3.89. The zero-order valence-corrected chi connectivity index (χ0v) is 15.8. The van der Waals surface area contributed by atoms with E-state index in [0.717, 1.165) is 82.6 Å². The molecular weight excluding hydrogens is 330 g/mol. The van der Waals surface area contributed by atoms with Crippen molar-refractivity contribution in [2.75, 3.05) is 0 Å².